The van der Waals surface area contributed by atoms with Crippen molar-refractivity contribution >= 4 is 11.8 Å². The Hall–Kier alpha value is -1.65. The highest BCUT2D eigenvalue weighted by Gasteiger charge is 2.13. The summed E-state index contributed by atoms with van der Waals surface area (Å²) in [6.45, 7) is 2.08. The summed E-state index contributed by atoms with van der Waals surface area (Å²) in [5.41, 5.74) is 0.215. The molecule has 5 heteroatoms. The number of nitrogens with one attached hydrogen (secondary N) is 1. The van der Waals surface area contributed by atoms with Gasteiger partial charge in [-0.1, -0.05) is 0 Å². The Morgan fingerprint density at radius 3 is 2.85 bits per heavy atom. The third-order valence-corrected chi connectivity index (χ3v) is 1.40. The Bertz CT molecular complexity index is 301. The molecule has 70 valence electrons. The molecule has 0 radical (unpaired) electrons. The van der Waals surface area contributed by atoms with E-state index in [1.165, 1.54) is 12.4 Å². The van der Waals surface area contributed by atoms with Crippen molar-refractivity contribution in [1.82, 2.24) is 9.97 Å². The summed E-state index contributed by atoms with van der Waals surface area (Å²) in [5, 5.41) is 2.76. The van der Waals surface area contributed by atoms with Crippen molar-refractivity contribution in [3.05, 3.63) is 18.1 Å². The van der Waals surface area contributed by atoms with Gasteiger partial charge in [0.2, 0.25) is 0 Å². The number of anilines is 1. The van der Waals surface area contributed by atoms with E-state index in [1.54, 1.807) is 14.0 Å². The van der Waals surface area contributed by atoms with E-state index in [4.69, 9.17) is 4.74 Å². The van der Waals surface area contributed by atoms with Crippen LogP contribution in [0.25, 0.3) is 0 Å². The first kappa shape index (κ1) is 9.44. The van der Waals surface area contributed by atoms with Gasteiger partial charge in [-0.15, -0.1) is 0 Å². The molecule has 0 aromatic carbocycles. The molecule has 1 aromatic rings. The van der Waals surface area contributed by atoms with Gasteiger partial charge >= 0.3 is 5.97 Å². The fourth-order valence-corrected chi connectivity index (χ4v) is 0.870. The number of hydrogen-bond donors (Lipinski definition) is 1. The van der Waals surface area contributed by atoms with Crippen molar-refractivity contribution in [3.8, 4) is 0 Å². The molecule has 0 fully saturated rings. The van der Waals surface area contributed by atoms with E-state index in [-0.39, 0.29) is 5.69 Å². The second kappa shape index (κ2) is 4.39. The fourth-order valence-electron chi connectivity index (χ4n) is 0.870. The van der Waals surface area contributed by atoms with Crippen molar-refractivity contribution in [2.45, 2.75) is 6.92 Å². The highest BCUT2D eigenvalue weighted by atomic mass is 16.5. The second-order valence-corrected chi connectivity index (χ2v) is 2.22. The molecule has 0 amide bonds. The Morgan fingerprint density at radius 2 is 2.23 bits per heavy atom. The monoisotopic (exact) mass is 181 g/mol. The van der Waals surface area contributed by atoms with E-state index >= 15 is 0 Å². The minimum Gasteiger partial charge on any atom is -0.461 e. The van der Waals surface area contributed by atoms with Gasteiger partial charge in [-0.05, 0) is 6.92 Å². The summed E-state index contributed by atoms with van der Waals surface area (Å²) in [5.74, 6) is -0.0269. The average Bonchev–Trinajstić information content (AvgIpc) is 2.18. The topological polar surface area (TPSA) is 64.1 Å². The van der Waals surface area contributed by atoms with Crippen molar-refractivity contribution in [2.24, 2.45) is 0 Å². The van der Waals surface area contributed by atoms with Crippen LogP contribution in [0.1, 0.15) is 17.4 Å². The lowest BCUT2D eigenvalue weighted by molar-refractivity contribution is 0.0520. The zero-order valence-corrected chi connectivity index (χ0v) is 7.57. The van der Waals surface area contributed by atoms with E-state index < -0.39 is 5.97 Å². The molecule has 0 aliphatic rings. The maximum Gasteiger partial charge on any atom is 0.360 e. The average molecular weight is 181 g/mol. The molecular formula is C8H11N3O2. The minimum atomic E-state index is -0.458. The number of esters is 1. The molecule has 1 N–H and O–H groups in total. The standard InChI is InChI=1S/C8H11N3O2/c1-3-13-8(12)6-7(9-2)11-5-4-10-6/h4-5H,3H2,1-2H3,(H,9,11). The van der Waals surface area contributed by atoms with Crippen LogP contribution >= 0.6 is 0 Å². The zero-order chi connectivity index (χ0) is 9.68. The van der Waals surface area contributed by atoms with Crippen molar-refractivity contribution < 1.29 is 9.53 Å². The molecule has 0 aliphatic heterocycles. The predicted octanol–water partition coefficient (Wildman–Crippen LogP) is 0.695. The van der Waals surface area contributed by atoms with E-state index in [2.05, 4.69) is 15.3 Å². The van der Waals surface area contributed by atoms with Gasteiger partial charge in [0.1, 0.15) is 0 Å². The molecule has 0 spiro atoms. The van der Waals surface area contributed by atoms with Crippen LogP contribution in [0.5, 0.6) is 0 Å². The lowest BCUT2D eigenvalue weighted by Gasteiger charge is -2.04. The largest absolute Gasteiger partial charge is 0.461 e. The molecule has 0 atom stereocenters. The molecular weight excluding hydrogens is 170 g/mol. The number of nitrogens with zero attached hydrogens (tertiary/aromatic N) is 2. The van der Waals surface area contributed by atoms with Crippen LogP contribution in [0.4, 0.5) is 5.82 Å². The first-order valence-electron chi connectivity index (χ1n) is 3.95. The maximum absolute atomic E-state index is 11.3. The quantitative estimate of drug-likeness (QED) is 0.695. The van der Waals surface area contributed by atoms with Gasteiger partial charge < -0.3 is 10.1 Å². The van der Waals surface area contributed by atoms with Crippen LogP contribution < -0.4 is 5.32 Å². The number of carbonyl (C=O) groups is 1. The van der Waals surface area contributed by atoms with Gasteiger partial charge in [0, 0.05) is 19.4 Å². The third-order valence-electron chi connectivity index (χ3n) is 1.40. The number of ether oxygens (including phenoxy) is 1. The van der Waals surface area contributed by atoms with E-state index in [0.29, 0.717) is 12.4 Å². The number of aromatic nitrogens is 2. The zero-order valence-electron chi connectivity index (χ0n) is 7.57. The van der Waals surface area contributed by atoms with Crippen LogP contribution in [-0.4, -0.2) is 29.6 Å². The molecule has 0 unspecified atom stereocenters. The highest BCUT2D eigenvalue weighted by molar-refractivity contribution is 5.92. The van der Waals surface area contributed by atoms with Crippen LogP contribution in [0.2, 0.25) is 0 Å². The Morgan fingerprint density at radius 1 is 1.54 bits per heavy atom. The molecule has 1 rings (SSSR count). The summed E-state index contributed by atoms with van der Waals surface area (Å²) in [7, 11) is 1.67. The first-order valence-corrected chi connectivity index (χ1v) is 3.95. The normalized spacial score (nSPS) is 9.38. The summed E-state index contributed by atoms with van der Waals surface area (Å²) < 4.78 is 4.79. The van der Waals surface area contributed by atoms with Crippen LogP contribution in [-0.2, 0) is 4.74 Å². The molecule has 0 bridgehead atoms. The maximum atomic E-state index is 11.3. The number of hydrogen-bond acceptors (Lipinski definition) is 5. The van der Waals surface area contributed by atoms with Crippen LogP contribution in [0, 0.1) is 0 Å². The predicted molar refractivity (Wildman–Crippen MR) is 47.5 cm³/mol. The third kappa shape index (κ3) is 2.14. The molecule has 1 aromatic heterocycles. The Kier molecular flexibility index (Phi) is 3.19. The molecule has 0 saturated carbocycles. The highest BCUT2D eigenvalue weighted by Crippen LogP contribution is 2.07. The Labute approximate surface area is 76.2 Å². The SMILES string of the molecule is CCOC(=O)c1nccnc1NC. The molecule has 13 heavy (non-hydrogen) atoms. The summed E-state index contributed by atoms with van der Waals surface area (Å²) >= 11 is 0. The summed E-state index contributed by atoms with van der Waals surface area (Å²) in [6, 6.07) is 0. The van der Waals surface area contributed by atoms with Gasteiger partial charge in [0.05, 0.1) is 6.61 Å². The Balaban J connectivity index is 2.92. The first-order chi connectivity index (χ1) is 6.29. The van der Waals surface area contributed by atoms with E-state index in [9.17, 15) is 4.79 Å². The molecule has 5 nitrogen and oxygen atoms in total. The second-order valence-electron chi connectivity index (χ2n) is 2.22. The summed E-state index contributed by atoms with van der Waals surface area (Å²) in [6.07, 6.45) is 2.96. The van der Waals surface area contributed by atoms with Gasteiger partial charge in [0.15, 0.2) is 11.5 Å². The van der Waals surface area contributed by atoms with E-state index in [1.807, 2.05) is 0 Å². The van der Waals surface area contributed by atoms with Crippen LogP contribution in [0.3, 0.4) is 0 Å². The van der Waals surface area contributed by atoms with Gasteiger partial charge in [-0.25, -0.2) is 14.8 Å². The van der Waals surface area contributed by atoms with Crippen molar-refractivity contribution in [2.75, 3.05) is 19.0 Å². The van der Waals surface area contributed by atoms with Gasteiger partial charge in [0.25, 0.3) is 0 Å². The molecule has 0 aliphatic carbocycles. The van der Waals surface area contributed by atoms with Gasteiger partial charge in [-0.3, -0.25) is 0 Å². The summed E-state index contributed by atoms with van der Waals surface area (Å²) in [4.78, 5) is 19.1. The van der Waals surface area contributed by atoms with Crippen molar-refractivity contribution in [3.63, 3.8) is 0 Å². The number of rotatable bonds is 3. The minimum absolute atomic E-state index is 0.215. The molecule has 1 heterocycles. The van der Waals surface area contributed by atoms with Crippen LogP contribution in [0.15, 0.2) is 12.4 Å². The number of carbonyl (C=O) groups excluding carboxylic acids is 1. The fraction of sp³-hybridized carbons (Fsp3) is 0.375. The molecule has 0 saturated heterocycles. The van der Waals surface area contributed by atoms with Crippen molar-refractivity contribution in [1.29, 1.82) is 0 Å². The lowest BCUT2D eigenvalue weighted by atomic mass is 10.4. The lowest BCUT2D eigenvalue weighted by Crippen LogP contribution is -2.11. The van der Waals surface area contributed by atoms with Gasteiger partial charge in [-0.2, -0.15) is 0 Å². The smallest absolute Gasteiger partial charge is 0.360 e. The van der Waals surface area contributed by atoms with E-state index in [0.717, 1.165) is 0 Å².